The molecule has 0 saturated heterocycles. The third-order valence-electron chi connectivity index (χ3n) is 4.48. The molecular weight excluding hydrogens is 344 g/mol. The topological polar surface area (TPSA) is 57.1 Å². The minimum absolute atomic E-state index is 0.00291. The Morgan fingerprint density at radius 1 is 1.23 bits per heavy atom. The number of nitrogens with one attached hydrogen (secondary N) is 1. The van der Waals surface area contributed by atoms with Crippen LogP contribution in [0.1, 0.15) is 29.2 Å². The van der Waals surface area contributed by atoms with E-state index in [0.29, 0.717) is 12.3 Å². The normalized spacial score (nSPS) is 17.5. The summed E-state index contributed by atoms with van der Waals surface area (Å²) in [5.41, 5.74) is 4.48. The number of hydrogen-bond donors (Lipinski definition) is 1. The summed E-state index contributed by atoms with van der Waals surface area (Å²) in [6.07, 6.45) is 2.79. The van der Waals surface area contributed by atoms with Gasteiger partial charge in [-0.3, -0.25) is 4.79 Å². The van der Waals surface area contributed by atoms with E-state index in [1.807, 2.05) is 41.6 Å². The van der Waals surface area contributed by atoms with Gasteiger partial charge in [-0.05, 0) is 18.6 Å². The number of amides is 1. The van der Waals surface area contributed by atoms with Crippen LogP contribution in [0, 0.1) is 6.92 Å². The van der Waals surface area contributed by atoms with Crippen molar-refractivity contribution in [2.75, 3.05) is 5.75 Å². The van der Waals surface area contributed by atoms with E-state index in [1.165, 1.54) is 22.9 Å². The van der Waals surface area contributed by atoms with Crippen molar-refractivity contribution in [3.05, 3.63) is 65.2 Å². The average molecular weight is 364 g/mol. The number of fused-ring (bicyclic) bond motifs is 3. The molecule has 1 N–H and O–H groups in total. The number of nitrogens with zero attached hydrogens (tertiary/aromatic N) is 3. The SMILES string of the molecule is Cc1ccc(CNC(=O)CSC2=Nc3ccccc3C3CC=NN23)cc1. The summed E-state index contributed by atoms with van der Waals surface area (Å²) < 4.78 is 0. The van der Waals surface area contributed by atoms with Crippen LogP contribution in [0.5, 0.6) is 0 Å². The van der Waals surface area contributed by atoms with Crippen molar-refractivity contribution < 1.29 is 4.79 Å². The van der Waals surface area contributed by atoms with Crippen LogP contribution in [0.4, 0.5) is 5.69 Å². The van der Waals surface area contributed by atoms with Crippen molar-refractivity contribution in [2.45, 2.75) is 25.9 Å². The van der Waals surface area contributed by atoms with Crippen molar-refractivity contribution in [1.29, 1.82) is 0 Å². The summed E-state index contributed by atoms with van der Waals surface area (Å²) in [6.45, 7) is 2.59. The van der Waals surface area contributed by atoms with E-state index >= 15 is 0 Å². The summed E-state index contributed by atoms with van der Waals surface area (Å²) in [5.74, 6) is 0.322. The number of carbonyl (C=O) groups is 1. The van der Waals surface area contributed by atoms with Crippen molar-refractivity contribution in [2.24, 2.45) is 10.1 Å². The molecule has 5 nitrogen and oxygen atoms in total. The fourth-order valence-corrected chi connectivity index (χ4v) is 3.90. The minimum atomic E-state index is -0.00291. The first-order valence-corrected chi connectivity index (χ1v) is 9.63. The van der Waals surface area contributed by atoms with Gasteiger partial charge < -0.3 is 5.32 Å². The Bertz CT molecular complexity index is 876. The molecule has 2 aromatic carbocycles. The van der Waals surface area contributed by atoms with Crippen LogP contribution in [-0.4, -0.2) is 28.1 Å². The first-order chi connectivity index (χ1) is 12.7. The first-order valence-electron chi connectivity index (χ1n) is 8.65. The van der Waals surface area contributed by atoms with Gasteiger partial charge in [0.2, 0.25) is 5.91 Å². The molecule has 6 heteroatoms. The number of amidine groups is 1. The van der Waals surface area contributed by atoms with Crippen molar-refractivity contribution in [3.8, 4) is 0 Å². The highest BCUT2D eigenvalue weighted by molar-refractivity contribution is 8.14. The van der Waals surface area contributed by atoms with E-state index in [4.69, 9.17) is 4.99 Å². The Morgan fingerprint density at radius 3 is 2.88 bits per heavy atom. The van der Waals surface area contributed by atoms with E-state index in [9.17, 15) is 4.79 Å². The molecule has 1 atom stereocenters. The van der Waals surface area contributed by atoms with Crippen LogP contribution in [0.3, 0.4) is 0 Å². The smallest absolute Gasteiger partial charge is 0.230 e. The molecular formula is C20H20N4OS. The fourth-order valence-electron chi connectivity index (χ4n) is 3.07. The Labute approximate surface area is 157 Å². The molecule has 2 aromatic rings. The lowest BCUT2D eigenvalue weighted by molar-refractivity contribution is -0.118. The van der Waals surface area contributed by atoms with Crippen LogP contribution in [0.2, 0.25) is 0 Å². The van der Waals surface area contributed by atoms with Gasteiger partial charge in [0.1, 0.15) is 0 Å². The molecule has 0 bridgehead atoms. The molecule has 1 amide bonds. The molecule has 0 radical (unpaired) electrons. The van der Waals surface area contributed by atoms with Crippen LogP contribution >= 0.6 is 11.8 Å². The molecule has 4 rings (SSSR count). The molecule has 0 spiro atoms. The molecule has 1 unspecified atom stereocenters. The largest absolute Gasteiger partial charge is 0.351 e. The second-order valence-corrected chi connectivity index (χ2v) is 7.34. The van der Waals surface area contributed by atoms with Crippen molar-refractivity contribution >= 4 is 34.7 Å². The van der Waals surface area contributed by atoms with E-state index in [-0.39, 0.29) is 11.9 Å². The first kappa shape index (κ1) is 16.8. The van der Waals surface area contributed by atoms with Gasteiger partial charge in [-0.15, -0.1) is 0 Å². The predicted octanol–water partition coefficient (Wildman–Crippen LogP) is 3.78. The van der Waals surface area contributed by atoms with Crippen LogP contribution in [-0.2, 0) is 11.3 Å². The molecule has 0 saturated carbocycles. The highest BCUT2D eigenvalue weighted by Gasteiger charge is 2.32. The summed E-state index contributed by atoms with van der Waals surface area (Å²) in [6, 6.07) is 16.5. The van der Waals surface area contributed by atoms with Gasteiger partial charge in [-0.2, -0.15) is 5.10 Å². The molecule has 0 aliphatic carbocycles. The lowest BCUT2D eigenvalue weighted by Gasteiger charge is -2.29. The zero-order chi connectivity index (χ0) is 17.9. The number of hydrogen-bond acceptors (Lipinski definition) is 5. The second-order valence-electron chi connectivity index (χ2n) is 6.40. The summed E-state index contributed by atoms with van der Waals surface area (Å²) in [7, 11) is 0. The number of thioether (sulfide) groups is 1. The summed E-state index contributed by atoms with van der Waals surface area (Å²) in [4.78, 5) is 16.9. The fraction of sp³-hybridized carbons (Fsp3) is 0.250. The van der Waals surface area contributed by atoms with Gasteiger partial charge in [0.05, 0.1) is 17.5 Å². The van der Waals surface area contributed by atoms with E-state index in [2.05, 4.69) is 35.5 Å². The van der Waals surface area contributed by atoms with Gasteiger partial charge in [0.25, 0.3) is 0 Å². The van der Waals surface area contributed by atoms with Gasteiger partial charge in [-0.25, -0.2) is 10.0 Å². The lowest BCUT2D eigenvalue weighted by Crippen LogP contribution is -2.30. The monoisotopic (exact) mass is 364 g/mol. The lowest BCUT2D eigenvalue weighted by atomic mass is 10.0. The summed E-state index contributed by atoms with van der Waals surface area (Å²) in [5, 5.41) is 10.1. The van der Waals surface area contributed by atoms with Gasteiger partial charge in [0.15, 0.2) is 5.17 Å². The molecule has 132 valence electrons. The van der Waals surface area contributed by atoms with Crippen LogP contribution in [0.15, 0.2) is 58.6 Å². The quantitative estimate of drug-likeness (QED) is 0.898. The maximum atomic E-state index is 12.2. The van der Waals surface area contributed by atoms with Gasteiger partial charge in [-0.1, -0.05) is 59.8 Å². The van der Waals surface area contributed by atoms with Crippen LogP contribution in [0.25, 0.3) is 0 Å². The van der Waals surface area contributed by atoms with E-state index in [0.717, 1.165) is 22.8 Å². The predicted molar refractivity (Wildman–Crippen MR) is 107 cm³/mol. The van der Waals surface area contributed by atoms with E-state index in [1.54, 1.807) is 0 Å². The third-order valence-corrected chi connectivity index (χ3v) is 5.42. The number of rotatable bonds is 4. The Kier molecular flexibility index (Phi) is 4.75. The van der Waals surface area contributed by atoms with Crippen LogP contribution < -0.4 is 5.32 Å². The third kappa shape index (κ3) is 3.51. The van der Waals surface area contributed by atoms with Crippen molar-refractivity contribution in [1.82, 2.24) is 10.3 Å². The molecule has 0 fully saturated rings. The maximum absolute atomic E-state index is 12.2. The number of aryl methyl sites for hydroxylation is 1. The molecule has 2 aliphatic heterocycles. The molecule has 2 heterocycles. The molecule has 0 aromatic heterocycles. The maximum Gasteiger partial charge on any atom is 0.230 e. The number of hydrazone groups is 1. The average Bonchev–Trinajstić information content (AvgIpc) is 3.16. The Morgan fingerprint density at radius 2 is 2.04 bits per heavy atom. The number of carbonyl (C=O) groups excluding carboxylic acids is 1. The highest BCUT2D eigenvalue weighted by Crippen LogP contribution is 2.40. The van der Waals surface area contributed by atoms with Gasteiger partial charge >= 0.3 is 0 Å². The second kappa shape index (κ2) is 7.33. The van der Waals surface area contributed by atoms with Crippen molar-refractivity contribution in [3.63, 3.8) is 0 Å². The summed E-state index contributed by atoms with van der Waals surface area (Å²) >= 11 is 1.43. The number of para-hydroxylation sites is 1. The highest BCUT2D eigenvalue weighted by atomic mass is 32.2. The van der Waals surface area contributed by atoms with Gasteiger partial charge in [0, 0.05) is 24.7 Å². The number of benzene rings is 2. The number of aliphatic imine (C=N–C) groups is 1. The Balaban J connectivity index is 1.38. The zero-order valence-corrected chi connectivity index (χ0v) is 15.4. The van der Waals surface area contributed by atoms with E-state index < -0.39 is 0 Å². The minimum Gasteiger partial charge on any atom is -0.351 e. The molecule has 2 aliphatic rings. The Hall–Kier alpha value is -2.60. The molecule has 26 heavy (non-hydrogen) atoms. The zero-order valence-electron chi connectivity index (χ0n) is 14.6. The standard InChI is InChI=1S/C20H20N4OS/c1-14-6-8-15(9-7-14)12-21-19(25)13-26-20-23-17-5-3-2-4-16(17)18-10-11-22-24(18)20/h2-9,11,18H,10,12-13H2,1H3,(H,21,25).